The van der Waals surface area contributed by atoms with Gasteiger partial charge in [-0.2, -0.15) is 0 Å². The summed E-state index contributed by atoms with van der Waals surface area (Å²) < 4.78 is 0. The maximum atomic E-state index is 9.36. The predicted octanol–water partition coefficient (Wildman–Crippen LogP) is 3.68. The van der Waals surface area contributed by atoms with Gasteiger partial charge in [0.1, 0.15) is 0 Å². The number of H-pyrrole nitrogens is 1. The van der Waals surface area contributed by atoms with Crippen molar-refractivity contribution in [2.24, 2.45) is 0 Å². The minimum atomic E-state index is 0.194. The molecule has 3 rings (SSSR count). The van der Waals surface area contributed by atoms with Gasteiger partial charge in [0.25, 0.3) is 0 Å². The van der Waals surface area contributed by atoms with E-state index in [1.165, 1.54) is 16.5 Å². The lowest BCUT2D eigenvalue weighted by Gasteiger charge is -2.15. The molecule has 0 aliphatic rings. The molecule has 2 N–H and O–H groups in total. The molecule has 1 atom stereocenters. The number of fused-ring (bicyclic) bond motifs is 1. The number of aromatic amines is 1. The van der Waals surface area contributed by atoms with Crippen molar-refractivity contribution in [3.63, 3.8) is 0 Å². The van der Waals surface area contributed by atoms with E-state index in [1.807, 2.05) is 12.1 Å². The molecule has 0 saturated heterocycles. The molecule has 1 heterocycles. The second-order valence-electron chi connectivity index (χ2n) is 4.77. The summed E-state index contributed by atoms with van der Waals surface area (Å²) in [6, 6.07) is 18.7. The first kappa shape index (κ1) is 12.0. The number of hydrogen-bond acceptors (Lipinski definition) is 1. The Kier molecular flexibility index (Phi) is 3.34. The van der Waals surface area contributed by atoms with Crippen LogP contribution in [-0.2, 0) is 0 Å². The van der Waals surface area contributed by atoms with Gasteiger partial charge in [-0.1, -0.05) is 48.5 Å². The highest BCUT2D eigenvalue weighted by Crippen LogP contribution is 2.32. The zero-order chi connectivity index (χ0) is 13.1. The van der Waals surface area contributed by atoms with E-state index in [1.54, 1.807) is 0 Å². The molecule has 0 saturated carbocycles. The van der Waals surface area contributed by atoms with E-state index in [2.05, 4.69) is 53.6 Å². The van der Waals surface area contributed by atoms with Crippen molar-refractivity contribution in [2.45, 2.75) is 12.3 Å². The Labute approximate surface area is 112 Å². The molecule has 0 fully saturated rings. The van der Waals surface area contributed by atoms with Gasteiger partial charge in [-0.25, -0.2) is 0 Å². The van der Waals surface area contributed by atoms with Crippen LogP contribution in [0.3, 0.4) is 0 Å². The molecule has 0 radical (unpaired) electrons. The number of nitrogens with one attached hydrogen (secondary N) is 1. The standard InChI is InChI=1S/C17H17NO/c19-11-10-14(13-6-2-1-3-7-13)16-12-18-17-9-5-4-8-15(16)17/h1-9,12,14,18-19H,10-11H2/t14-/m0/s1. The van der Waals surface area contributed by atoms with E-state index >= 15 is 0 Å². The molecule has 19 heavy (non-hydrogen) atoms. The summed E-state index contributed by atoms with van der Waals surface area (Å²) in [5.74, 6) is 0.238. The van der Waals surface area contributed by atoms with Crippen molar-refractivity contribution >= 4 is 10.9 Å². The van der Waals surface area contributed by atoms with Crippen LogP contribution in [-0.4, -0.2) is 16.7 Å². The normalized spacial score (nSPS) is 12.7. The van der Waals surface area contributed by atoms with Gasteiger partial charge in [-0.05, 0) is 23.6 Å². The lowest BCUT2D eigenvalue weighted by Crippen LogP contribution is -2.02. The molecule has 0 aliphatic carbocycles. The molecule has 0 aliphatic heterocycles. The molecule has 1 aromatic heterocycles. The van der Waals surface area contributed by atoms with E-state index in [0.717, 1.165) is 11.9 Å². The van der Waals surface area contributed by atoms with E-state index in [4.69, 9.17) is 0 Å². The first-order valence-electron chi connectivity index (χ1n) is 6.62. The van der Waals surface area contributed by atoms with Crippen molar-refractivity contribution in [1.82, 2.24) is 4.98 Å². The number of aromatic nitrogens is 1. The van der Waals surface area contributed by atoms with Crippen LogP contribution in [0.2, 0.25) is 0 Å². The van der Waals surface area contributed by atoms with Crippen LogP contribution in [0.1, 0.15) is 23.5 Å². The third-order valence-electron chi connectivity index (χ3n) is 3.62. The zero-order valence-electron chi connectivity index (χ0n) is 10.7. The largest absolute Gasteiger partial charge is 0.396 e. The van der Waals surface area contributed by atoms with Gasteiger partial charge in [-0.3, -0.25) is 0 Å². The smallest absolute Gasteiger partial charge is 0.0457 e. The molecule has 2 nitrogen and oxygen atoms in total. The molecule has 2 aromatic carbocycles. The van der Waals surface area contributed by atoms with Crippen molar-refractivity contribution in [3.05, 3.63) is 71.9 Å². The second-order valence-corrected chi connectivity index (χ2v) is 4.77. The summed E-state index contributed by atoms with van der Waals surface area (Å²) in [5, 5.41) is 10.6. The lowest BCUT2D eigenvalue weighted by molar-refractivity contribution is 0.282. The molecular formula is C17H17NO. The van der Waals surface area contributed by atoms with Crippen LogP contribution in [0.15, 0.2) is 60.8 Å². The van der Waals surface area contributed by atoms with E-state index in [-0.39, 0.29) is 12.5 Å². The van der Waals surface area contributed by atoms with E-state index in [9.17, 15) is 5.11 Å². The first-order valence-corrected chi connectivity index (χ1v) is 6.62. The van der Waals surface area contributed by atoms with Crippen molar-refractivity contribution in [1.29, 1.82) is 0 Å². The molecule has 0 unspecified atom stereocenters. The highest BCUT2D eigenvalue weighted by atomic mass is 16.3. The highest BCUT2D eigenvalue weighted by molar-refractivity contribution is 5.84. The number of para-hydroxylation sites is 1. The highest BCUT2D eigenvalue weighted by Gasteiger charge is 2.17. The Morgan fingerprint density at radius 3 is 2.47 bits per heavy atom. The summed E-state index contributed by atoms with van der Waals surface area (Å²) in [7, 11) is 0. The van der Waals surface area contributed by atoms with Crippen molar-refractivity contribution < 1.29 is 5.11 Å². The minimum Gasteiger partial charge on any atom is -0.396 e. The van der Waals surface area contributed by atoms with Crippen molar-refractivity contribution in [3.8, 4) is 0 Å². The molecule has 0 spiro atoms. The van der Waals surface area contributed by atoms with Crippen LogP contribution >= 0.6 is 0 Å². The average molecular weight is 251 g/mol. The zero-order valence-corrected chi connectivity index (χ0v) is 10.7. The van der Waals surface area contributed by atoms with Gasteiger partial charge in [0.15, 0.2) is 0 Å². The van der Waals surface area contributed by atoms with Crippen LogP contribution in [0.5, 0.6) is 0 Å². The summed E-state index contributed by atoms with van der Waals surface area (Å²) in [6.45, 7) is 0.194. The topological polar surface area (TPSA) is 36.0 Å². The number of rotatable bonds is 4. The average Bonchev–Trinajstić information content (AvgIpc) is 2.89. The maximum Gasteiger partial charge on any atom is 0.0457 e. The monoisotopic (exact) mass is 251 g/mol. The third-order valence-corrected chi connectivity index (χ3v) is 3.62. The molecule has 3 aromatic rings. The number of benzene rings is 2. The van der Waals surface area contributed by atoms with Crippen LogP contribution in [0, 0.1) is 0 Å². The van der Waals surface area contributed by atoms with Crippen LogP contribution < -0.4 is 0 Å². The predicted molar refractivity (Wildman–Crippen MR) is 78.3 cm³/mol. The number of hydrogen-bond donors (Lipinski definition) is 2. The fraction of sp³-hybridized carbons (Fsp3) is 0.176. The quantitative estimate of drug-likeness (QED) is 0.729. The number of aliphatic hydroxyl groups is 1. The Morgan fingerprint density at radius 2 is 1.68 bits per heavy atom. The van der Waals surface area contributed by atoms with Gasteiger partial charge in [-0.15, -0.1) is 0 Å². The molecule has 0 amide bonds. The molecule has 2 heteroatoms. The Hall–Kier alpha value is -2.06. The summed E-state index contributed by atoms with van der Waals surface area (Å²) in [6.07, 6.45) is 2.81. The van der Waals surface area contributed by atoms with E-state index in [0.29, 0.717) is 0 Å². The van der Waals surface area contributed by atoms with Crippen molar-refractivity contribution in [2.75, 3.05) is 6.61 Å². The van der Waals surface area contributed by atoms with Gasteiger partial charge in [0.2, 0.25) is 0 Å². The second kappa shape index (κ2) is 5.29. The lowest BCUT2D eigenvalue weighted by atomic mass is 9.88. The molecular weight excluding hydrogens is 234 g/mol. The van der Waals surface area contributed by atoms with Gasteiger partial charge >= 0.3 is 0 Å². The SMILES string of the molecule is OCC[C@@H](c1ccccc1)c1c[nH]c2ccccc12. The maximum absolute atomic E-state index is 9.36. The molecule has 96 valence electrons. The Morgan fingerprint density at radius 1 is 0.947 bits per heavy atom. The van der Waals surface area contributed by atoms with Crippen LogP contribution in [0.25, 0.3) is 10.9 Å². The summed E-state index contributed by atoms with van der Waals surface area (Å²) in [4.78, 5) is 3.32. The third kappa shape index (κ3) is 2.27. The van der Waals surface area contributed by atoms with Gasteiger partial charge < -0.3 is 10.1 Å². The fourth-order valence-electron chi connectivity index (χ4n) is 2.70. The summed E-state index contributed by atoms with van der Waals surface area (Å²) in [5.41, 5.74) is 3.66. The Bertz CT molecular complexity index is 657. The summed E-state index contributed by atoms with van der Waals surface area (Å²) >= 11 is 0. The fourth-order valence-corrected chi connectivity index (χ4v) is 2.70. The van der Waals surface area contributed by atoms with Crippen LogP contribution in [0.4, 0.5) is 0 Å². The number of aliphatic hydroxyl groups excluding tert-OH is 1. The van der Waals surface area contributed by atoms with E-state index < -0.39 is 0 Å². The Balaban J connectivity index is 2.10. The van der Waals surface area contributed by atoms with Gasteiger partial charge in [0, 0.05) is 29.6 Å². The van der Waals surface area contributed by atoms with Gasteiger partial charge in [0.05, 0.1) is 0 Å². The minimum absolute atomic E-state index is 0.194. The molecule has 0 bridgehead atoms. The first-order chi connectivity index (χ1) is 9.40.